The fourth-order valence-electron chi connectivity index (χ4n) is 1.57. The Balaban J connectivity index is 2.59. The first-order valence-electron chi connectivity index (χ1n) is 5.16. The maximum absolute atomic E-state index is 9.17. The summed E-state index contributed by atoms with van der Waals surface area (Å²) in [5.41, 5.74) is 1.86. The molecule has 3 N–H and O–H groups in total. The summed E-state index contributed by atoms with van der Waals surface area (Å²) in [4.78, 5) is 0. The monoisotopic (exact) mass is 229 g/mol. The molecular weight excluding hydrogens is 210 g/mol. The van der Waals surface area contributed by atoms with Crippen molar-refractivity contribution < 1.29 is 14.9 Å². The van der Waals surface area contributed by atoms with Crippen LogP contribution in [0.15, 0.2) is 0 Å². The normalized spacial score (nSPS) is 12.8. The lowest BCUT2D eigenvalue weighted by Crippen LogP contribution is -2.29. The summed E-state index contributed by atoms with van der Waals surface area (Å²) >= 11 is 0. The third-order valence-electron chi connectivity index (χ3n) is 2.37. The van der Waals surface area contributed by atoms with Crippen molar-refractivity contribution in [1.82, 2.24) is 15.1 Å². The molecule has 1 heterocycles. The first kappa shape index (κ1) is 13.0. The highest BCUT2D eigenvalue weighted by Crippen LogP contribution is 2.20. The molecule has 1 atom stereocenters. The van der Waals surface area contributed by atoms with Crippen molar-refractivity contribution >= 4 is 0 Å². The lowest BCUT2D eigenvalue weighted by Gasteiger charge is -2.09. The van der Waals surface area contributed by atoms with Crippen LogP contribution in [-0.2, 0) is 13.6 Å². The Morgan fingerprint density at radius 3 is 2.81 bits per heavy atom. The van der Waals surface area contributed by atoms with E-state index in [4.69, 9.17) is 9.84 Å². The Kier molecular flexibility index (Phi) is 4.72. The molecule has 0 fully saturated rings. The van der Waals surface area contributed by atoms with Crippen LogP contribution in [0.5, 0.6) is 5.88 Å². The second-order valence-electron chi connectivity index (χ2n) is 3.66. The number of aryl methyl sites for hydroxylation is 2. The molecule has 0 aromatic carbocycles. The van der Waals surface area contributed by atoms with Gasteiger partial charge in [-0.3, -0.25) is 0 Å². The van der Waals surface area contributed by atoms with Gasteiger partial charge in [-0.25, -0.2) is 4.68 Å². The quantitative estimate of drug-likeness (QED) is 0.594. The van der Waals surface area contributed by atoms with Crippen LogP contribution in [0.4, 0.5) is 0 Å². The Morgan fingerprint density at radius 1 is 1.56 bits per heavy atom. The first-order valence-corrected chi connectivity index (χ1v) is 5.16. The number of rotatable bonds is 6. The van der Waals surface area contributed by atoms with Crippen molar-refractivity contribution in [3.8, 4) is 5.88 Å². The average molecular weight is 229 g/mol. The Hall–Kier alpha value is -1.11. The zero-order chi connectivity index (χ0) is 12.1. The van der Waals surface area contributed by atoms with Gasteiger partial charge in [0.25, 0.3) is 0 Å². The van der Waals surface area contributed by atoms with Gasteiger partial charge in [0, 0.05) is 20.1 Å². The van der Waals surface area contributed by atoms with Crippen LogP contribution in [0.25, 0.3) is 0 Å². The van der Waals surface area contributed by atoms with Gasteiger partial charge in [-0.05, 0) is 6.92 Å². The van der Waals surface area contributed by atoms with Gasteiger partial charge in [-0.2, -0.15) is 5.10 Å². The molecule has 0 bridgehead atoms. The summed E-state index contributed by atoms with van der Waals surface area (Å²) in [6, 6.07) is 0. The molecule has 0 radical (unpaired) electrons. The molecule has 0 saturated carbocycles. The van der Waals surface area contributed by atoms with E-state index in [1.54, 1.807) is 11.8 Å². The van der Waals surface area contributed by atoms with Gasteiger partial charge >= 0.3 is 0 Å². The van der Waals surface area contributed by atoms with Crippen LogP contribution < -0.4 is 10.1 Å². The molecule has 0 spiro atoms. The van der Waals surface area contributed by atoms with Crippen molar-refractivity contribution in [2.45, 2.75) is 19.6 Å². The molecule has 6 heteroatoms. The molecule has 6 nitrogen and oxygen atoms in total. The van der Waals surface area contributed by atoms with Gasteiger partial charge in [0.15, 0.2) is 0 Å². The molecule has 92 valence electrons. The molecule has 1 aromatic heterocycles. The minimum Gasteiger partial charge on any atom is -0.481 e. The van der Waals surface area contributed by atoms with Crippen molar-refractivity contribution in [3.63, 3.8) is 0 Å². The fourth-order valence-corrected chi connectivity index (χ4v) is 1.57. The number of aliphatic hydroxyl groups excluding tert-OH is 2. The largest absolute Gasteiger partial charge is 0.481 e. The fraction of sp³-hybridized carbons (Fsp3) is 0.700. The van der Waals surface area contributed by atoms with E-state index in [1.165, 1.54) is 0 Å². The van der Waals surface area contributed by atoms with Crippen molar-refractivity contribution in [1.29, 1.82) is 0 Å². The summed E-state index contributed by atoms with van der Waals surface area (Å²) < 4.78 is 6.90. The molecule has 0 amide bonds. The van der Waals surface area contributed by atoms with E-state index in [9.17, 15) is 5.11 Å². The highest BCUT2D eigenvalue weighted by molar-refractivity contribution is 5.30. The number of nitrogens with zero attached hydrogens (tertiary/aromatic N) is 2. The van der Waals surface area contributed by atoms with E-state index in [0.717, 1.165) is 11.3 Å². The molecule has 1 aromatic rings. The van der Waals surface area contributed by atoms with Crippen LogP contribution in [0, 0.1) is 6.92 Å². The van der Waals surface area contributed by atoms with Gasteiger partial charge in [-0.15, -0.1) is 0 Å². The minimum atomic E-state index is -0.733. The highest BCUT2D eigenvalue weighted by Gasteiger charge is 2.13. The third-order valence-corrected chi connectivity index (χ3v) is 2.37. The van der Waals surface area contributed by atoms with Crippen LogP contribution in [0.1, 0.15) is 11.3 Å². The van der Waals surface area contributed by atoms with Crippen LogP contribution in [-0.4, -0.2) is 46.4 Å². The lowest BCUT2D eigenvalue weighted by atomic mass is 10.2. The maximum Gasteiger partial charge on any atom is 0.216 e. The molecule has 1 rings (SSSR count). The predicted octanol–water partition coefficient (Wildman–Crippen LogP) is -0.820. The van der Waals surface area contributed by atoms with Crippen molar-refractivity contribution in [2.75, 3.05) is 20.3 Å². The average Bonchev–Trinajstić information content (AvgIpc) is 2.53. The summed E-state index contributed by atoms with van der Waals surface area (Å²) in [5.74, 6) is 0.712. The van der Waals surface area contributed by atoms with E-state index in [1.807, 2.05) is 14.0 Å². The van der Waals surface area contributed by atoms with Gasteiger partial charge in [0.2, 0.25) is 5.88 Å². The van der Waals surface area contributed by atoms with E-state index < -0.39 is 6.10 Å². The van der Waals surface area contributed by atoms with E-state index in [0.29, 0.717) is 19.0 Å². The SMILES string of the molecule is COc1c(CNC[C@@H](O)CO)c(C)nn1C. The number of hydrogen-bond acceptors (Lipinski definition) is 5. The molecule has 0 aliphatic heterocycles. The van der Waals surface area contributed by atoms with E-state index in [2.05, 4.69) is 10.4 Å². The zero-order valence-corrected chi connectivity index (χ0v) is 9.90. The topological polar surface area (TPSA) is 79.5 Å². The van der Waals surface area contributed by atoms with Gasteiger partial charge in [0.1, 0.15) is 0 Å². The smallest absolute Gasteiger partial charge is 0.216 e. The lowest BCUT2D eigenvalue weighted by molar-refractivity contribution is 0.0941. The molecular formula is C10H19N3O3. The first-order chi connectivity index (χ1) is 7.60. The van der Waals surface area contributed by atoms with E-state index >= 15 is 0 Å². The number of methoxy groups -OCH3 is 1. The summed E-state index contributed by atoms with van der Waals surface area (Å²) in [6.07, 6.45) is -0.733. The number of nitrogens with one attached hydrogen (secondary N) is 1. The molecule has 0 unspecified atom stereocenters. The minimum absolute atomic E-state index is 0.240. The Bertz CT molecular complexity index is 338. The van der Waals surface area contributed by atoms with E-state index in [-0.39, 0.29) is 6.61 Å². The van der Waals surface area contributed by atoms with Crippen LogP contribution in [0.3, 0.4) is 0 Å². The second kappa shape index (κ2) is 5.83. The maximum atomic E-state index is 9.17. The zero-order valence-electron chi connectivity index (χ0n) is 9.90. The number of hydrogen-bond donors (Lipinski definition) is 3. The van der Waals surface area contributed by atoms with Crippen molar-refractivity contribution in [2.24, 2.45) is 7.05 Å². The highest BCUT2D eigenvalue weighted by atomic mass is 16.5. The summed E-state index contributed by atoms with van der Waals surface area (Å²) in [7, 11) is 3.42. The van der Waals surface area contributed by atoms with Gasteiger partial charge in [-0.1, -0.05) is 0 Å². The van der Waals surface area contributed by atoms with Gasteiger partial charge < -0.3 is 20.3 Å². The van der Waals surface area contributed by atoms with Crippen LogP contribution in [0.2, 0.25) is 0 Å². The molecule has 16 heavy (non-hydrogen) atoms. The second-order valence-corrected chi connectivity index (χ2v) is 3.66. The standard InChI is InChI=1S/C10H19N3O3/c1-7-9(5-11-4-8(15)6-14)10(16-3)13(2)12-7/h8,11,14-15H,4-6H2,1-3H3/t8-/m1/s1. The third kappa shape index (κ3) is 2.94. The van der Waals surface area contributed by atoms with Crippen molar-refractivity contribution in [3.05, 3.63) is 11.3 Å². The number of aliphatic hydroxyl groups is 2. The summed E-state index contributed by atoms with van der Waals surface area (Å²) in [5, 5.41) is 25.1. The predicted molar refractivity (Wildman–Crippen MR) is 59.3 cm³/mol. The van der Waals surface area contributed by atoms with Crippen LogP contribution >= 0.6 is 0 Å². The Labute approximate surface area is 94.8 Å². The number of ether oxygens (including phenoxy) is 1. The molecule has 0 aliphatic rings. The van der Waals surface area contributed by atoms with Gasteiger partial charge in [0.05, 0.1) is 31.1 Å². The molecule has 0 aliphatic carbocycles. The molecule has 0 saturated heterocycles. The number of aromatic nitrogens is 2. The summed E-state index contributed by atoms with van der Waals surface area (Å²) in [6.45, 7) is 2.56. The Morgan fingerprint density at radius 2 is 2.25 bits per heavy atom.